The van der Waals surface area contributed by atoms with E-state index in [4.69, 9.17) is 0 Å². The Balaban J connectivity index is 1.68. The summed E-state index contributed by atoms with van der Waals surface area (Å²) in [5.74, 6) is 0. The first-order chi connectivity index (χ1) is 13.2. The zero-order valence-corrected chi connectivity index (χ0v) is 14.7. The Bertz CT molecular complexity index is 1210. The molecule has 27 heavy (non-hydrogen) atoms. The highest BCUT2D eigenvalue weighted by molar-refractivity contribution is 5.85. The van der Waals surface area contributed by atoms with Gasteiger partial charge in [0.15, 0.2) is 0 Å². The molecular weight excluding hydrogens is 334 g/mol. The maximum absolute atomic E-state index is 11.5. The van der Waals surface area contributed by atoms with Gasteiger partial charge in [-0.05, 0) is 57.5 Å². The second-order valence-electron chi connectivity index (χ2n) is 7.04. The Labute approximate surface area is 157 Å². The minimum Gasteiger partial charge on any atom is -0.258 e. The number of para-hydroxylation sites is 1. The molecule has 3 nitrogen and oxygen atoms in total. The van der Waals surface area contributed by atoms with Gasteiger partial charge < -0.3 is 0 Å². The number of nitro groups is 1. The van der Waals surface area contributed by atoms with Crippen LogP contribution in [-0.2, 0) is 12.8 Å². The summed E-state index contributed by atoms with van der Waals surface area (Å²) in [7, 11) is 0. The molecule has 0 fully saturated rings. The summed E-state index contributed by atoms with van der Waals surface area (Å²) in [5.41, 5.74) is 6.95. The molecule has 0 amide bonds. The number of hydrogen-bond acceptors (Lipinski definition) is 2. The monoisotopic (exact) mass is 351 g/mol. The average Bonchev–Trinajstić information content (AvgIpc) is 2.70. The topological polar surface area (TPSA) is 43.1 Å². The molecule has 5 rings (SSSR count). The Morgan fingerprint density at radius 3 is 2.04 bits per heavy atom. The average molecular weight is 351 g/mol. The van der Waals surface area contributed by atoms with Crippen LogP contribution in [0.25, 0.3) is 21.9 Å². The predicted molar refractivity (Wildman–Crippen MR) is 108 cm³/mol. The molecule has 0 heterocycles. The molecule has 0 saturated carbocycles. The predicted octanol–water partition coefficient (Wildman–Crippen LogP) is 5.91. The lowest BCUT2D eigenvalue weighted by Gasteiger charge is -2.23. The van der Waals surface area contributed by atoms with Crippen LogP contribution in [0.2, 0.25) is 0 Å². The van der Waals surface area contributed by atoms with Crippen LogP contribution >= 0.6 is 0 Å². The summed E-state index contributed by atoms with van der Waals surface area (Å²) >= 11 is 0. The zero-order valence-electron chi connectivity index (χ0n) is 14.7. The van der Waals surface area contributed by atoms with E-state index in [1.807, 2.05) is 24.3 Å². The lowest BCUT2D eigenvalue weighted by atomic mass is 9.81. The zero-order chi connectivity index (χ0) is 18.4. The van der Waals surface area contributed by atoms with Gasteiger partial charge in [0.2, 0.25) is 0 Å². The SMILES string of the molecule is O=[N+]([O-])c1ccccc1-c1cccc2c1Cc1cc3ccccc3cc1C2. The highest BCUT2D eigenvalue weighted by Gasteiger charge is 2.22. The number of nitrogens with zero attached hydrogens (tertiary/aromatic N) is 1. The van der Waals surface area contributed by atoms with Crippen molar-refractivity contribution in [1.82, 2.24) is 0 Å². The van der Waals surface area contributed by atoms with Gasteiger partial charge in [0, 0.05) is 6.07 Å². The number of nitro benzene ring substituents is 1. The van der Waals surface area contributed by atoms with Gasteiger partial charge in [-0.3, -0.25) is 10.1 Å². The smallest absolute Gasteiger partial charge is 0.258 e. The number of rotatable bonds is 2. The lowest BCUT2D eigenvalue weighted by Crippen LogP contribution is -2.09. The van der Waals surface area contributed by atoms with Crippen molar-refractivity contribution in [3.8, 4) is 11.1 Å². The van der Waals surface area contributed by atoms with Gasteiger partial charge in [0.25, 0.3) is 5.69 Å². The van der Waals surface area contributed by atoms with Crippen molar-refractivity contribution in [2.75, 3.05) is 0 Å². The summed E-state index contributed by atoms with van der Waals surface area (Å²) in [5, 5.41) is 14.0. The highest BCUT2D eigenvalue weighted by Crippen LogP contribution is 2.38. The first kappa shape index (κ1) is 15.8. The van der Waals surface area contributed by atoms with E-state index in [-0.39, 0.29) is 10.6 Å². The molecule has 4 aromatic rings. The molecular formula is C24H17NO2. The fourth-order valence-corrected chi connectivity index (χ4v) is 4.18. The molecule has 0 atom stereocenters. The van der Waals surface area contributed by atoms with Crippen LogP contribution in [0, 0.1) is 10.1 Å². The summed E-state index contributed by atoms with van der Waals surface area (Å²) in [4.78, 5) is 11.2. The first-order valence-corrected chi connectivity index (χ1v) is 9.06. The quantitative estimate of drug-likeness (QED) is 0.293. The van der Waals surface area contributed by atoms with E-state index in [0.29, 0.717) is 5.56 Å². The van der Waals surface area contributed by atoms with Gasteiger partial charge in [0.1, 0.15) is 0 Å². The maximum Gasteiger partial charge on any atom is 0.277 e. The van der Waals surface area contributed by atoms with Gasteiger partial charge in [-0.1, -0.05) is 66.7 Å². The minimum absolute atomic E-state index is 0.162. The van der Waals surface area contributed by atoms with Crippen LogP contribution in [0.15, 0.2) is 78.9 Å². The van der Waals surface area contributed by atoms with Gasteiger partial charge >= 0.3 is 0 Å². The summed E-state index contributed by atoms with van der Waals surface area (Å²) < 4.78 is 0. The van der Waals surface area contributed by atoms with Crippen LogP contribution in [0.1, 0.15) is 22.3 Å². The Kier molecular flexibility index (Phi) is 3.54. The number of hydrogen-bond donors (Lipinski definition) is 0. The second kappa shape index (κ2) is 6.06. The van der Waals surface area contributed by atoms with Crippen LogP contribution in [0.4, 0.5) is 5.69 Å². The van der Waals surface area contributed by atoms with Crippen molar-refractivity contribution in [2.24, 2.45) is 0 Å². The van der Waals surface area contributed by atoms with Crippen molar-refractivity contribution in [1.29, 1.82) is 0 Å². The van der Waals surface area contributed by atoms with E-state index in [0.717, 1.165) is 18.4 Å². The van der Waals surface area contributed by atoms with Gasteiger partial charge in [0.05, 0.1) is 10.5 Å². The van der Waals surface area contributed by atoms with Gasteiger partial charge in [-0.25, -0.2) is 0 Å². The molecule has 130 valence electrons. The molecule has 0 saturated heterocycles. The number of benzene rings is 4. The van der Waals surface area contributed by atoms with E-state index < -0.39 is 0 Å². The van der Waals surface area contributed by atoms with Crippen molar-refractivity contribution in [3.63, 3.8) is 0 Å². The molecule has 3 heteroatoms. The van der Waals surface area contributed by atoms with Crippen LogP contribution in [-0.4, -0.2) is 4.92 Å². The van der Waals surface area contributed by atoms with Crippen molar-refractivity contribution < 1.29 is 4.92 Å². The largest absolute Gasteiger partial charge is 0.277 e. The third-order valence-corrected chi connectivity index (χ3v) is 5.48. The molecule has 0 unspecified atom stereocenters. The van der Waals surface area contributed by atoms with Crippen LogP contribution in [0.3, 0.4) is 0 Å². The molecule has 1 aliphatic rings. The second-order valence-corrected chi connectivity index (χ2v) is 7.04. The summed E-state index contributed by atoms with van der Waals surface area (Å²) in [6, 6.07) is 26.1. The number of fused-ring (bicyclic) bond motifs is 3. The molecule has 0 N–H and O–H groups in total. The fourth-order valence-electron chi connectivity index (χ4n) is 4.18. The van der Waals surface area contributed by atoms with E-state index in [1.165, 1.54) is 33.0 Å². The van der Waals surface area contributed by atoms with Gasteiger partial charge in [-0.15, -0.1) is 0 Å². The van der Waals surface area contributed by atoms with E-state index >= 15 is 0 Å². The van der Waals surface area contributed by atoms with E-state index in [2.05, 4.69) is 42.5 Å². The normalized spacial score (nSPS) is 12.4. The molecule has 4 aromatic carbocycles. The first-order valence-electron chi connectivity index (χ1n) is 9.06. The Morgan fingerprint density at radius 1 is 0.667 bits per heavy atom. The van der Waals surface area contributed by atoms with Gasteiger partial charge in [-0.2, -0.15) is 0 Å². The molecule has 0 aliphatic heterocycles. The molecule has 1 aliphatic carbocycles. The summed E-state index contributed by atoms with van der Waals surface area (Å²) in [6.07, 6.45) is 1.67. The van der Waals surface area contributed by atoms with E-state index in [1.54, 1.807) is 12.1 Å². The van der Waals surface area contributed by atoms with Crippen molar-refractivity contribution in [3.05, 3.63) is 111 Å². The molecule has 0 spiro atoms. The maximum atomic E-state index is 11.5. The molecule has 0 radical (unpaired) electrons. The Morgan fingerprint density at radius 2 is 1.30 bits per heavy atom. The van der Waals surface area contributed by atoms with Crippen LogP contribution < -0.4 is 0 Å². The van der Waals surface area contributed by atoms with Crippen molar-refractivity contribution >= 4 is 16.5 Å². The third-order valence-electron chi connectivity index (χ3n) is 5.48. The molecule has 0 aromatic heterocycles. The standard InChI is InChI=1S/C24H17NO2/c26-25(27)24-11-4-3-9-22(24)21-10-5-8-18-14-19-12-16-6-1-2-7-17(16)13-20(19)15-23(18)21/h1-13H,14-15H2. The Hall–Kier alpha value is -3.46. The minimum atomic E-state index is -0.293. The molecule has 0 bridgehead atoms. The third kappa shape index (κ3) is 2.59. The summed E-state index contributed by atoms with van der Waals surface area (Å²) in [6.45, 7) is 0. The van der Waals surface area contributed by atoms with E-state index in [9.17, 15) is 10.1 Å². The highest BCUT2D eigenvalue weighted by atomic mass is 16.6. The fraction of sp³-hybridized carbons (Fsp3) is 0.0833. The van der Waals surface area contributed by atoms with Crippen molar-refractivity contribution in [2.45, 2.75) is 12.8 Å². The van der Waals surface area contributed by atoms with Crippen LogP contribution in [0.5, 0.6) is 0 Å². The lowest BCUT2D eigenvalue weighted by molar-refractivity contribution is -0.384.